The Morgan fingerprint density at radius 2 is 1.94 bits per heavy atom. The predicted molar refractivity (Wildman–Crippen MR) is 80.7 cm³/mol. The Morgan fingerprint density at radius 1 is 1.22 bits per heavy atom. The maximum atomic E-state index is 6.20. The van der Waals surface area contributed by atoms with Gasteiger partial charge in [-0.15, -0.1) is 11.3 Å². The van der Waals surface area contributed by atoms with E-state index in [2.05, 4.69) is 31.1 Å². The number of halogens is 2. The molecule has 96 valence electrons. The highest BCUT2D eigenvalue weighted by Crippen LogP contribution is 2.35. The molecular formula is C14H15Cl2NS. The lowest BCUT2D eigenvalue weighted by molar-refractivity contribution is 0.407. The first-order valence-electron chi connectivity index (χ1n) is 5.75. The number of hydrogen-bond acceptors (Lipinski definition) is 2. The summed E-state index contributed by atoms with van der Waals surface area (Å²) in [6, 6.07) is 5.64. The normalized spacial score (nSPS) is 11.8. The Kier molecular flexibility index (Phi) is 4.00. The molecular weight excluding hydrogens is 285 g/mol. The molecule has 0 bridgehead atoms. The van der Waals surface area contributed by atoms with E-state index in [4.69, 9.17) is 23.2 Å². The van der Waals surface area contributed by atoms with Gasteiger partial charge in [0.15, 0.2) is 0 Å². The minimum Gasteiger partial charge on any atom is -0.241 e. The number of hydrogen-bond donors (Lipinski definition) is 0. The Hall–Kier alpha value is -0.570. The van der Waals surface area contributed by atoms with E-state index in [1.54, 1.807) is 17.4 Å². The van der Waals surface area contributed by atoms with Gasteiger partial charge in [0, 0.05) is 10.9 Å². The summed E-state index contributed by atoms with van der Waals surface area (Å²) < 4.78 is 0. The van der Waals surface area contributed by atoms with Crippen molar-refractivity contribution in [2.24, 2.45) is 5.41 Å². The van der Waals surface area contributed by atoms with Crippen molar-refractivity contribution in [2.45, 2.75) is 27.2 Å². The molecule has 0 aliphatic carbocycles. The minimum atomic E-state index is 0.240. The van der Waals surface area contributed by atoms with E-state index in [0.29, 0.717) is 10.0 Å². The van der Waals surface area contributed by atoms with Crippen LogP contribution >= 0.6 is 34.5 Å². The highest BCUT2D eigenvalue weighted by Gasteiger charge is 2.15. The van der Waals surface area contributed by atoms with E-state index in [9.17, 15) is 0 Å². The van der Waals surface area contributed by atoms with Crippen molar-refractivity contribution < 1.29 is 0 Å². The molecule has 2 rings (SSSR count). The Bertz CT molecular complexity index is 555. The number of thiazole rings is 1. The van der Waals surface area contributed by atoms with Gasteiger partial charge in [0.05, 0.1) is 15.7 Å². The summed E-state index contributed by atoms with van der Waals surface area (Å²) >= 11 is 13.8. The van der Waals surface area contributed by atoms with Gasteiger partial charge in [0.25, 0.3) is 0 Å². The summed E-state index contributed by atoms with van der Waals surface area (Å²) in [7, 11) is 0. The van der Waals surface area contributed by atoms with Gasteiger partial charge >= 0.3 is 0 Å². The van der Waals surface area contributed by atoms with Gasteiger partial charge in [-0.3, -0.25) is 0 Å². The van der Waals surface area contributed by atoms with Crippen molar-refractivity contribution in [3.05, 3.63) is 39.3 Å². The van der Waals surface area contributed by atoms with Crippen molar-refractivity contribution in [3.8, 4) is 10.6 Å². The molecule has 0 N–H and O–H groups in total. The molecule has 0 unspecified atom stereocenters. The predicted octanol–water partition coefficient (Wildman–Crippen LogP) is 5.71. The molecule has 1 heterocycles. The molecule has 0 radical (unpaired) electrons. The van der Waals surface area contributed by atoms with Gasteiger partial charge in [-0.05, 0) is 17.9 Å². The smallest absolute Gasteiger partial charge is 0.125 e. The average molecular weight is 300 g/mol. The molecule has 0 aliphatic rings. The third-order valence-corrected chi connectivity index (χ3v) is 4.19. The van der Waals surface area contributed by atoms with E-state index >= 15 is 0 Å². The van der Waals surface area contributed by atoms with Crippen LogP contribution in [0.25, 0.3) is 10.6 Å². The zero-order valence-corrected chi connectivity index (χ0v) is 13.0. The zero-order valence-electron chi connectivity index (χ0n) is 10.6. The van der Waals surface area contributed by atoms with Crippen LogP contribution in [-0.2, 0) is 6.42 Å². The lowest BCUT2D eigenvalue weighted by Crippen LogP contribution is -2.09. The lowest BCUT2D eigenvalue weighted by atomic mass is 9.91. The van der Waals surface area contributed by atoms with Gasteiger partial charge in [-0.25, -0.2) is 4.98 Å². The molecule has 0 amide bonds. The fraction of sp³-hybridized carbons (Fsp3) is 0.357. The summed E-state index contributed by atoms with van der Waals surface area (Å²) in [4.78, 5) is 4.64. The number of aromatic nitrogens is 1. The van der Waals surface area contributed by atoms with Crippen LogP contribution in [0.15, 0.2) is 23.6 Å². The summed E-state index contributed by atoms with van der Waals surface area (Å²) in [6.45, 7) is 6.62. The topological polar surface area (TPSA) is 12.9 Å². The van der Waals surface area contributed by atoms with Crippen LogP contribution in [0.4, 0.5) is 0 Å². The molecule has 0 spiro atoms. The van der Waals surface area contributed by atoms with Crippen molar-refractivity contribution in [2.75, 3.05) is 0 Å². The van der Waals surface area contributed by atoms with Crippen LogP contribution in [0.1, 0.15) is 26.5 Å². The SMILES string of the molecule is CC(C)(C)Cc1csc(-c2cccc(Cl)c2Cl)n1. The monoisotopic (exact) mass is 299 g/mol. The third kappa shape index (κ3) is 3.25. The van der Waals surface area contributed by atoms with E-state index in [1.807, 2.05) is 12.1 Å². The Labute approximate surface area is 122 Å². The van der Waals surface area contributed by atoms with Gasteiger partial charge in [-0.2, -0.15) is 0 Å². The van der Waals surface area contributed by atoms with Crippen molar-refractivity contribution in [1.82, 2.24) is 4.98 Å². The molecule has 0 atom stereocenters. The third-order valence-electron chi connectivity index (χ3n) is 2.45. The van der Waals surface area contributed by atoms with E-state index < -0.39 is 0 Å². The molecule has 0 saturated heterocycles. The van der Waals surface area contributed by atoms with Crippen LogP contribution < -0.4 is 0 Å². The molecule has 0 fully saturated rings. The fourth-order valence-corrected chi connectivity index (χ4v) is 3.02. The minimum absolute atomic E-state index is 0.240. The van der Waals surface area contributed by atoms with Crippen LogP contribution in [0.2, 0.25) is 10.0 Å². The summed E-state index contributed by atoms with van der Waals surface area (Å²) in [5.74, 6) is 0. The van der Waals surface area contributed by atoms with E-state index in [1.165, 1.54) is 0 Å². The summed E-state index contributed by atoms with van der Waals surface area (Å²) in [5, 5.41) is 4.18. The summed E-state index contributed by atoms with van der Waals surface area (Å²) in [5.41, 5.74) is 2.26. The number of nitrogens with zero attached hydrogens (tertiary/aromatic N) is 1. The molecule has 1 nitrogen and oxygen atoms in total. The molecule has 0 aliphatic heterocycles. The Morgan fingerprint density at radius 3 is 2.61 bits per heavy atom. The molecule has 18 heavy (non-hydrogen) atoms. The lowest BCUT2D eigenvalue weighted by Gasteiger charge is -2.15. The second kappa shape index (κ2) is 5.20. The second-order valence-electron chi connectivity index (χ2n) is 5.48. The summed E-state index contributed by atoms with van der Waals surface area (Å²) in [6.07, 6.45) is 0.960. The van der Waals surface area contributed by atoms with Crippen LogP contribution in [0, 0.1) is 5.41 Å². The maximum Gasteiger partial charge on any atom is 0.125 e. The number of benzene rings is 1. The maximum absolute atomic E-state index is 6.20. The van der Waals surface area contributed by atoms with Crippen molar-refractivity contribution in [3.63, 3.8) is 0 Å². The van der Waals surface area contributed by atoms with Crippen molar-refractivity contribution in [1.29, 1.82) is 0 Å². The standard InChI is InChI=1S/C14H15Cl2NS/c1-14(2,3)7-9-8-18-13(17-9)10-5-4-6-11(15)12(10)16/h4-6,8H,7H2,1-3H3. The molecule has 2 aromatic rings. The second-order valence-corrected chi connectivity index (χ2v) is 7.13. The van der Waals surface area contributed by atoms with Gasteiger partial charge in [0.1, 0.15) is 5.01 Å². The largest absolute Gasteiger partial charge is 0.241 e. The van der Waals surface area contributed by atoms with Crippen LogP contribution in [-0.4, -0.2) is 4.98 Å². The van der Waals surface area contributed by atoms with Gasteiger partial charge in [-0.1, -0.05) is 56.1 Å². The van der Waals surface area contributed by atoms with Gasteiger partial charge in [0.2, 0.25) is 0 Å². The van der Waals surface area contributed by atoms with E-state index in [0.717, 1.165) is 22.7 Å². The molecule has 1 aromatic carbocycles. The van der Waals surface area contributed by atoms with Crippen LogP contribution in [0.3, 0.4) is 0 Å². The first kappa shape index (κ1) is 13.9. The molecule has 4 heteroatoms. The average Bonchev–Trinajstić information content (AvgIpc) is 2.68. The van der Waals surface area contributed by atoms with Crippen LogP contribution in [0.5, 0.6) is 0 Å². The number of rotatable bonds is 2. The molecule has 1 aromatic heterocycles. The zero-order chi connectivity index (χ0) is 13.3. The highest BCUT2D eigenvalue weighted by molar-refractivity contribution is 7.13. The quantitative estimate of drug-likeness (QED) is 0.692. The van der Waals surface area contributed by atoms with Crippen molar-refractivity contribution >= 4 is 34.5 Å². The Balaban J connectivity index is 2.33. The fourth-order valence-electron chi connectivity index (χ4n) is 1.72. The highest BCUT2D eigenvalue weighted by atomic mass is 35.5. The van der Waals surface area contributed by atoms with Gasteiger partial charge < -0.3 is 0 Å². The first-order chi connectivity index (χ1) is 8.37. The van der Waals surface area contributed by atoms with E-state index in [-0.39, 0.29) is 5.41 Å². The molecule has 0 saturated carbocycles. The first-order valence-corrected chi connectivity index (χ1v) is 7.39.